The minimum Gasteiger partial charge on any atom is -0.540 e. The van der Waals surface area contributed by atoms with Crippen molar-refractivity contribution < 1.29 is 24.0 Å². The van der Waals surface area contributed by atoms with Gasteiger partial charge in [-0.25, -0.2) is 0 Å². The van der Waals surface area contributed by atoms with E-state index in [4.69, 9.17) is 9.16 Å². The number of aliphatic hydroxyl groups is 1. The summed E-state index contributed by atoms with van der Waals surface area (Å²) in [6.07, 6.45) is 0.472. The molecule has 0 aliphatic carbocycles. The highest BCUT2D eigenvalue weighted by Gasteiger charge is 2.48. The van der Waals surface area contributed by atoms with Crippen molar-refractivity contribution in [1.82, 2.24) is 4.90 Å². The number of rotatable bonds is 9. The van der Waals surface area contributed by atoms with Gasteiger partial charge >= 0.3 is 0 Å². The van der Waals surface area contributed by atoms with E-state index in [1.807, 2.05) is 0 Å². The van der Waals surface area contributed by atoms with E-state index in [9.17, 15) is 20.0 Å². The number of methoxy groups -OCH3 is 1. The molecule has 1 saturated heterocycles. The molecular weight excluding hydrogens is 428 g/mol. The Morgan fingerprint density at radius 3 is 2.22 bits per heavy atom. The van der Waals surface area contributed by atoms with Gasteiger partial charge in [0.2, 0.25) is 0 Å². The van der Waals surface area contributed by atoms with Gasteiger partial charge in [0.1, 0.15) is 5.56 Å². The van der Waals surface area contributed by atoms with Crippen LogP contribution in [0.1, 0.15) is 58.3 Å². The molecule has 1 aromatic carbocycles. The first kappa shape index (κ1) is 25.9. The maximum atomic E-state index is 13.3. The Kier molecular flexibility index (Phi) is 8.11. The minimum atomic E-state index is -2.41. The number of likely N-dealkylation sites (tertiary alicyclic amines) is 1. The van der Waals surface area contributed by atoms with Gasteiger partial charge in [-0.05, 0) is 23.0 Å². The third-order valence-electron chi connectivity index (χ3n) is 6.53. The van der Waals surface area contributed by atoms with Crippen LogP contribution in [0.4, 0.5) is 5.69 Å². The van der Waals surface area contributed by atoms with E-state index in [0.29, 0.717) is 12.2 Å². The van der Waals surface area contributed by atoms with Crippen LogP contribution in [0.25, 0.3) is 0 Å². The molecule has 178 valence electrons. The average molecular weight is 465 g/mol. The molecule has 0 spiro atoms. The number of hydrogen-bond acceptors (Lipinski definition) is 6. The van der Waals surface area contributed by atoms with Crippen molar-refractivity contribution in [3.63, 3.8) is 0 Å². The van der Waals surface area contributed by atoms with Crippen LogP contribution in [-0.4, -0.2) is 55.5 Å². The molecule has 1 N–H and O–H groups in total. The second-order valence-electron chi connectivity index (χ2n) is 9.42. The van der Waals surface area contributed by atoms with Gasteiger partial charge in [-0.15, -0.1) is 0 Å². The number of amides is 1. The van der Waals surface area contributed by atoms with Crippen LogP contribution in [-0.2, 0) is 0 Å². The molecule has 8 nitrogen and oxygen atoms in total. The van der Waals surface area contributed by atoms with Crippen LogP contribution in [0.3, 0.4) is 0 Å². The highest BCUT2D eigenvalue weighted by molar-refractivity contribution is 6.78. The molecule has 1 unspecified atom stereocenters. The topological polar surface area (TPSA) is 102 Å². The molecule has 9 heteroatoms. The predicted octanol–water partition coefficient (Wildman–Crippen LogP) is 4.92. The second kappa shape index (κ2) is 10.0. The predicted molar refractivity (Wildman–Crippen MR) is 127 cm³/mol. The monoisotopic (exact) mass is 464 g/mol. The lowest BCUT2D eigenvalue weighted by Crippen LogP contribution is -2.50. The number of carbonyl (C=O) groups is 1. The van der Waals surface area contributed by atoms with E-state index < -0.39 is 25.2 Å². The van der Waals surface area contributed by atoms with Crippen molar-refractivity contribution in [2.24, 2.45) is 0 Å². The number of hydrogen-bond donors (Lipinski definition) is 1. The van der Waals surface area contributed by atoms with E-state index in [1.165, 1.54) is 24.1 Å². The lowest BCUT2D eigenvalue weighted by molar-refractivity contribution is -0.385. The summed E-state index contributed by atoms with van der Waals surface area (Å²) in [4.78, 5) is 26.1. The van der Waals surface area contributed by atoms with Crippen LogP contribution in [0.5, 0.6) is 11.5 Å². The Hall–Kier alpha value is -2.39. The van der Waals surface area contributed by atoms with Gasteiger partial charge in [0.25, 0.3) is 19.9 Å². The van der Waals surface area contributed by atoms with Crippen molar-refractivity contribution in [2.75, 3.05) is 20.3 Å². The van der Waals surface area contributed by atoms with E-state index in [1.54, 1.807) is 0 Å². The van der Waals surface area contributed by atoms with Gasteiger partial charge in [0.15, 0.2) is 11.5 Å². The van der Waals surface area contributed by atoms with Gasteiger partial charge in [-0.2, -0.15) is 0 Å². The summed E-state index contributed by atoms with van der Waals surface area (Å²) in [5.41, 5.74) is 1.15. The molecule has 1 aliphatic rings. The summed E-state index contributed by atoms with van der Waals surface area (Å²) in [5.74, 6) is 0.0544. The molecule has 1 fully saturated rings. The molecule has 0 aromatic heterocycles. The molecule has 1 heterocycles. The molecule has 1 aromatic rings. The smallest absolute Gasteiger partial charge is 0.286 e. The molecular formula is C23H36N2O6Si. The van der Waals surface area contributed by atoms with Gasteiger partial charge in [-0.1, -0.05) is 53.7 Å². The summed E-state index contributed by atoms with van der Waals surface area (Å²) >= 11 is 0. The quantitative estimate of drug-likeness (QED) is 0.241. The van der Waals surface area contributed by atoms with Crippen LogP contribution in [0, 0.1) is 10.1 Å². The number of aliphatic hydroxyl groups excluding tert-OH is 1. The first-order chi connectivity index (χ1) is 14.9. The molecule has 2 rings (SSSR count). The Morgan fingerprint density at radius 1 is 1.22 bits per heavy atom. The average Bonchev–Trinajstić information content (AvgIpc) is 3.10. The standard InChI is InChI=1S/C23H36N2O6Si/c1-14(2)32(15(3)4,16(5)6)31-22-11-20(25(28)29)19(10-21(22)30-8)23(27)24-12-17(7)9-18(24)13-26/h10-11,14-16,18,26H,7,9,12-13H2,1-6,8H3. The second-order valence-corrected chi connectivity index (χ2v) is 14.8. The third kappa shape index (κ3) is 4.68. The number of ether oxygens (including phenoxy) is 1. The Labute approximate surface area is 191 Å². The molecule has 1 aliphatic heterocycles. The van der Waals surface area contributed by atoms with Gasteiger partial charge in [-0.3, -0.25) is 14.9 Å². The molecule has 0 bridgehead atoms. The van der Waals surface area contributed by atoms with Crippen LogP contribution >= 0.6 is 0 Å². The summed E-state index contributed by atoms with van der Waals surface area (Å²) in [5, 5.41) is 21.6. The maximum absolute atomic E-state index is 13.3. The largest absolute Gasteiger partial charge is 0.540 e. The normalized spacial score (nSPS) is 16.9. The van der Waals surface area contributed by atoms with Crippen molar-refractivity contribution >= 4 is 19.9 Å². The summed E-state index contributed by atoms with van der Waals surface area (Å²) in [6.45, 7) is 16.7. The maximum Gasteiger partial charge on any atom is 0.286 e. The number of nitro groups is 1. The van der Waals surface area contributed by atoms with Crippen molar-refractivity contribution in [1.29, 1.82) is 0 Å². The van der Waals surface area contributed by atoms with Crippen molar-refractivity contribution in [3.8, 4) is 11.5 Å². The zero-order valence-electron chi connectivity index (χ0n) is 20.2. The molecule has 1 atom stereocenters. The van der Waals surface area contributed by atoms with Crippen LogP contribution in [0.15, 0.2) is 24.3 Å². The Bertz CT molecular complexity index is 862. The fourth-order valence-electron chi connectivity index (χ4n) is 5.09. The zero-order chi connectivity index (χ0) is 24.4. The van der Waals surface area contributed by atoms with Gasteiger partial charge in [0.05, 0.1) is 30.7 Å². The Balaban J connectivity index is 2.62. The highest BCUT2D eigenvalue weighted by Crippen LogP contribution is 2.46. The van der Waals surface area contributed by atoms with E-state index in [-0.39, 0.29) is 46.8 Å². The van der Waals surface area contributed by atoms with Gasteiger partial charge < -0.3 is 19.2 Å². The van der Waals surface area contributed by atoms with Crippen LogP contribution < -0.4 is 9.16 Å². The fourth-order valence-corrected chi connectivity index (χ4v) is 10.3. The summed E-state index contributed by atoms with van der Waals surface area (Å²) in [7, 11) is -0.954. The number of benzene rings is 1. The third-order valence-corrected chi connectivity index (χ3v) is 12.5. The fraction of sp³-hybridized carbons (Fsp3) is 0.609. The lowest BCUT2D eigenvalue weighted by Gasteiger charge is -2.42. The zero-order valence-corrected chi connectivity index (χ0v) is 21.2. The first-order valence-corrected chi connectivity index (χ1v) is 13.2. The van der Waals surface area contributed by atoms with Crippen LogP contribution in [0.2, 0.25) is 16.6 Å². The Morgan fingerprint density at radius 2 is 1.78 bits per heavy atom. The van der Waals surface area contributed by atoms with Crippen molar-refractivity contribution in [3.05, 3.63) is 40.0 Å². The summed E-state index contributed by atoms with van der Waals surface area (Å²) < 4.78 is 12.2. The summed E-state index contributed by atoms with van der Waals surface area (Å²) in [6, 6.07) is 2.27. The number of nitrogens with zero attached hydrogens (tertiary/aromatic N) is 2. The van der Waals surface area contributed by atoms with E-state index >= 15 is 0 Å². The molecule has 0 radical (unpaired) electrons. The minimum absolute atomic E-state index is 0.0849. The lowest BCUT2D eigenvalue weighted by atomic mass is 10.1. The number of nitro benzene ring substituents is 1. The highest BCUT2D eigenvalue weighted by atomic mass is 28.4. The SMILES string of the molecule is C=C1CC(CO)N(C(=O)c2cc(OC)c(O[Si](C(C)C)(C(C)C)C(C)C)cc2[N+](=O)[O-])C1. The molecule has 0 saturated carbocycles. The molecule has 32 heavy (non-hydrogen) atoms. The first-order valence-electron chi connectivity index (χ1n) is 11.0. The van der Waals surface area contributed by atoms with E-state index in [2.05, 4.69) is 48.1 Å². The van der Waals surface area contributed by atoms with E-state index in [0.717, 1.165) is 5.57 Å². The van der Waals surface area contributed by atoms with Crippen molar-refractivity contribution in [2.45, 2.75) is 70.6 Å². The number of carbonyl (C=O) groups excluding carboxylic acids is 1. The molecule has 1 amide bonds. The van der Waals surface area contributed by atoms with Gasteiger partial charge in [0, 0.05) is 12.6 Å².